The lowest BCUT2D eigenvalue weighted by Crippen LogP contribution is -2.82. The number of nitrogens with zero attached hydrogens (tertiary/aromatic N) is 1. The molecule has 1 aliphatic rings. The maximum Gasteiger partial charge on any atom is 0.417 e. The second-order valence-electron chi connectivity index (χ2n) is 9.88. The normalized spacial score (nSPS) is 13.7. The van der Waals surface area contributed by atoms with E-state index in [4.69, 9.17) is 14.2 Å². The molecule has 0 atom stereocenters. The molecule has 0 fully saturated rings. The quantitative estimate of drug-likeness (QED) is 0.684. The number of hydrogen-bond acceptors (Lipinski definition) is 5. The fourth-order valence-corrected chi connectivity index (χ4v) is 3.06. The van der Waals surface area contributed by atoms with Gasteiger partial charge in [-0.1, -0.05) is 20.8 Å². The standard InChI is InChI=1S/C23H36N2O5/c1-22(2,3)15-20(26)25(21(27)30-23(4,5)6)11-7-10-24-16-17-8-9-18-19(14-17)29-13-12-28-18/h8-9,14,24H,7,10-13,15-16H2,1-6H3/p+1. The van der Waals surface area contributed by atoms with Gasteiger partial charge < -0.3 is 19.5 Å². The van der Waals surface area contributed by atoms with Crippen molar-refractivity contribution >= 4 is 12.0 Å². The molecule has 0 bridgehead atoms. The van der Waals surface area contributed by atoms with Crippen molar-refractivity contribution in [2.45, 2.75) is 66.5 Å². The lowest BCUT2D eigenvalue weighted by Gasteiger charge is -2.28. The van der Waals surface area contributed by atoms with Crippen LogP contribution in [0.5, 0.6) is 11.5 Å². The molecule has 0 unspecified atom stereocenters. The van der Waals surface area contributed by atoms with Crippen LogP contribution < -0.4 is 14.8 Å². The van der Waals surface area contributed by atoms with Crippen molar-refractivity contribution in [3.05, 3.63) is 23.8 Å². The van der Waals surface area contributed by atoms with Gasteiger partial charge in [0.1, 0.15) is 25.4 Å². The van der Waals surface area contributed by atoms with Crippen molar-refractivity contribution in [3.63, 3.8) is 0 Å². The first kappa shape index (κ1) is 24.0. The molecule has 168 valence electrons. The lowest BCUT2D eigenvalue weighted by atomic mass is 9.91. The number of quaternary nitrogens is 1. The number of rotatable bonds is 7. The molecular weight excluding hydrogens is 384 g/mol. The first-order valence-corrected chi connectivity index (χ1v) is 10.7. The highest BCUT2D eigenvalue weighted by Gasteiger charge is 2.29. The summed E-state index contributed by atoms with van der Waals surface area (Å²) in [6.07, 6.45) is 0.427. The first-order chi connectivity index (χ1) is 13.9. The molecule has 0 aliphatic carbocycles. The van der Waals surface area contributed by atoms with E-state index >= 15 is 0 Å². The molecule has 2 N–H and O–H groups in total. The number of amides is 2. The molecule has 1 aliphatic heterocycles. The summed E-state index contributed by atoms with van der Waals surface area (Å²) in [5.74, 6) is 1.38. The van der Waals surface area contributed by atoms with Gasteiger partial charge in [-0.2, -0.15) is 0 Å². The van der Waals surface area contributed by atoms with E-state index in [-0.39, 0.29) is 11.3 Å². The Labute approximate surface area is 180 Å². The molecule has 0 spiro atoms. The maximum absolute atomic E-state index is 12.7. The topological polar surface area (TPSA) is 81.7 Å². The van der Waals surface area contributed by atoms with Crippen LogP contribution >= 0.6 is 0 Å². The maximum atomic E-state index is 12.7. The third-order valence-corrected chi connectivity index (χ3v) is 4.37. The molecule has 0 saturated heterocycles. The Kier molecular flexibility index (Phi) is 8.12. The summed E-state index contributed by atoms with van der Waals surface area (Å²) in [4.78, 5) is 26.5. The van der Waals surface area contributed by atoms with E-state index in [0.29, 0.717) is 32.6 Å². The van der Waals surface area contributed by atoms with Crippen molar-refractivity contribution < 1.29 is 29.1 Å². The molecular formula is C23H37N2O5+. The minimum absolute atomic E-state index is 0.191. The predicted molar refractivity (Wildman–Crippen MR) is 115 cm³/mol. The molecule has 0 saturated carbocycles. The van der Waals surface area contributed by atoms with E-state index in [0.717, 1.165) is 30.2 Å². The first-order valence-electron chi connectivity index (χ1n) is 10.7. The van der Waals surface area contributed by atoms with Crippen LogP contribution in [-0.2, 0) is 16.1 Å². The second kappa shape index (κ2) is 10.2. The number of imide groups is 1. The summed E-state index contributed by atoms with van der Waals surface area (Å²) < 4.78 is 16.6. The Morgan fingerprint density at radius 2 is 1.73 bits per heavy atom. The van der Waals surface area contributed by atoms with Gasteiger partial charge in [0.05, 0.1) is 6.54 Å². The van der Waals surface area contributed by atoms with Gasteiger partial charge in [0.15, 0.2) is 11.5 Å². The Hall–Kier alpha value is -2.28. The van der Waals surface area contributed by atoms with Crippen LogP contribution in [0.25, 0.3) is 0 Å². The summed E-state index contributed by atoms with van der Waals surface area (Å²) in [5.41, 5.74) is 0.315. The van der Waals surface area contributed by atoms with E-state index in [1.807, 2.05) is 39.0 Å². The summed E-state index contributed by atoms with van der Waals surface area (Å²) in [7, 11) is 0. The fourth-order valence-electron chi connectivity index (χ4n) is 3.06. The van der Waals surface area contributed by atoms with E-state index in [9.17, 15) is 9.59 Å². The van der Waals surface area contributed by atoms with Gasteiger partial charge in [-0.15, -0.1) is 0 Å². The van der Waals surface area contributed by atoms with E-state index in [2.05, 4.69) is 5.32 Å². The van der Waals surface area contributed by atoms with Crippen molar-refractivity contribution in [2.24, 2.45) is 5.41 Å². The number of carbonyl (C=O) groups excluding carboxylic acids is 2. The van der Waals surface area contributed by atoms with Gasteiger partial charge >= 0.3 is 6.09 Å². The molecule has 2 amide bonds. The molecule has 7 nitrogen and oxygen atoms in total. The predicted octanol–water partition coefficient (Wildman–Crippen LogP) is 3.11. The highest BCUT2D eigenvalue weighted by molar-refractivity contribution is 5.92. The number of ether oxygens (including phenoxy) is 3. The van der Waals surface area contributed by atoms with Crippen LogP contribution in [0.2, 0.25) is 0 Å². The minimum Gasteiger partial charge on any atom is -0.486 e. The number of hydrogen-bond donors (Lipinski definition) is 1. The zero-order chi connectivity index (χ0) is 22.4. The summed E-state index contributed by atoms with van der Waals surface area (Å²) in [5, 5.41) is 2.16. The molecule has 0 aromatic heterocycles. The van der Waals surface area contributed by atoms with Gasteiger partial charge in [-0.05, 0) is 44.4 Å². The summed E-state index contributed by atoms with van der Waals surface area (Å²) >= 11 is 0. The van der Waals surface area contributed by atoms with Crippen LogP contribution in [-0.4, -0.2) is 48.8 Å². The highest BCUT2D eigenvalue weighted by Crippen LogP contribution is 2.30. The lowest BCUT2D eigenvalue weighted by molar-refractivity contribution is -0.670. The minimum atomic E-state index is -0.637. The van der Waals surface area contributed by atoms with Crippen molar-refractivity contribution in [3.8, 4) is 11.5 Å². The molecule has 7 heteroatoms. The fraction of sp³-hybridized carbons (Fsp3) is 0.652. The van der Waals surface area contributed by atoms with Crippen LogP contribution in [0.1, 0.15) is 59.9 Å². The monoisotopic (exact) mass is 421 g/mol. The van der Waals surface area contributed by atoms with Crippen molar-refractivity contribution in [2.75, 3.05) is 26.3 Å². The van der Waals surface area contributed by atoms with Gasteiger partial charge in [-0.3, -0.25) is 4.79 Å². The van der Waals surface area contributed by atoms with E-state index < -0.39 is 11.7 Å². The van der Waals surface area contributed by atoms with E-state index in [1.54, 1.807) is 20.8 Å². The largest absolute Gasteiger partial charge is 0.486 e. The average Bonchev–Trinajstić information content (AvgIpc) is 2.61. The van der Waals surface area contributed by atoms with Crippen LogP contribution in [0.3, 0.4) is 0 Å². The second-order valence-corrected chi connectivity index (χ2v) is 9.88. The molecule has 1 aromatic rings. The van der Waals surface area contributed by atoms with Gasteiger partial charge in [0.25, 0.3) is 0 Å². The molecule has 0 radical (unpaired) electrons. The third-order valence-electron chi connectivity index (χ3n) is 4.37. The third kappa shape index (κ3) is 8.22. The Morgan fingerprint density at radius 1 is 1.07 bits per heavy atom. The molecule has 30 heavy (non-hydrogen) atoms. The Balaban J connectivity index is 1.85. The molecule has 2 rings (SSSR count). The van der Waals surface area contributed by atoms with Crippen LogP contribution in [0.4, 0.5) is 4.79 Å². The summed E-state index contributed by atoms with van der Waals surface area (Å²) in [6, 6.07) is 5.97. The average molecular weight is 422 g/mol. The number of nitrogens with two attached hydrogens (primary N) is 1. The molecule has 1 aromatic carbocycles. The van der Waals surface area contributed by atoms with Gasteiger partial charge in [0.2, 0.25) is 5.91 Å². The zero-order valence-electron chi connectivity index (χ0n) is 19.2. The number of benzene rings is 1. The number of carbonyl (C=O) groups is 2. The molecule has 1 heterocycles. The highest BCUT2D eigenvalue weighted by atomic mass is 16.6. The zero-order valence-corrected chi connectivity index (χ0v) is 19.2. The van der Waals surface area contributed by atoms with Crippen LogP contribution in [0, 0.1) is 5.41 Å². The number of fused-ring (bicyclic) bond motifs is 1. The SMILES string of the molecule is CC(C)(C)CC(=O)N(CCC[NH2+]Cc1ccc2c(c1)OCCO2)C(=O)OC(C)(C)C. The summed E-state index contributed by atoms with van der Waals surface area (Å²) in [6.45, 7) is 14.5. The van der Waals surface area contributed by atoms with Gasteiger partial charge in [0, 0.05) is 24.9 Å². The van der Waals surface area contributed by atoms with Crippen molar-refractivity contribution in [1.82, 2.24) is 4.90 Å². The van der Waals surface area contributed by atoms with E-state index in [1.165, 1.54) is 4.90 Å². The van der Waals surface area contributed by atoms with Gasteiger partial charge in [-0.25, -0.2) is 9.69 Å². The smallest absolute Gasteiger partial charge is 0.417 e. The van der Waals surface area contributed by atoms with Crippen LogP contribution in [0.15, 0.2) is 18.2 Å². The Bertz CT molecular complexity index is 706. The Morgan fingerprint density at radius 3 is 2.37 bits per heavy atom. The van der Waals surface area contributed by atoms with Crippen molar-refractivity contribution in [1.29, 1.82) is 0 Å².